The van der Waals surface area contributed by atoms with Crippen LogP contribution in [0.5, 0.6) is 0 Å². The van der Waals surface area contributed by atoms with Gasteiger partial charge in [-0.1, -0.05) is 20.8 Å². The standard InChI is InChI=1S/C13H23N3O2/c1-4-11(17)5-6-14-12-13(18)16(8-7-15-12)9-10(2)3/h7-8,10-11,17H,4-6,9H2,1-3H3,(H,14,15). The van der Waals surface area contributed by atoms with Crippen LogP contribution in [0.15, 0.2) is 17.2 Å². The molecule has 1 unspecified atom stereocenters. The van der Waals surface area contributed by atoms with Crippen LogP contribution in [-0.2, 0) is 6.54 Å². The number of hydrogen-bond donors (Lipinski definition) is 2. The van der Waals surface area contributed by atoms with Gasteiger partial charge in [0.25, 0.3) is 5.56 Å². The Morgan fingerprint density at radius 2 is 2.22 bits per heavy atom. The summed E-state index contributed by atoms with van der Waals surface area (Å²) in [5, 5.41) is 12.4. The average Bonchev–Trinajstić information content (AvgIpc) is 2.33. The first-order valence-corrected chi connectivity index (χ1v) is 6.52. The molecule has 0 aliphatic rings. The van der Waals surface area contributed by atoms with Crippen molar-refractivity contribution >= 4 is 5.82 Å². The minimum absolute atomic E-state index is 0.0998. The third kappa shape index (κ3) is 4.49. The smallest absolute Gasteiger partial charge is 0.293 e. The van der Waals surface area contributed by atoms with Crippen molar-refractivity contribution < 1.29 is 5.11 Å². The maximum absolute atomic E-state index is 12.0. The predicted molar refractivity (Wildman–Crippen MR) is 72.7 cm³/mol. The molecular formula is C13H23N3O2. The molecule has 1 aromatic heterocycles. The van der Waals surface area contributed by atoms with Gasteiger partial charge in [-0.15, -0.1) is 0 Å². The Bertz CT molecular complexity index is 415. The molecule has 0 spiro atoms. The van der Waals surface area contributed by atoms with Gasteiger partial charge in [0.1, 0.15) is 0 Å². The normalized spacial score (nSPS) is 12.7. The van der Waals surface area contributed by atoms with E-state index in [4.69, 9.17) is 0 Å². The van der Waals surface area contributed by atoms with Crippen molar-refractivity contribution in [1.82, 2.24) is 9.55 Å². The minimum Gasteiger partial charge on any atom is -0.393 e. The van der Waals surface area contributed by atoms with Crippen LogP contribution in [0.3, 0.4) is 0 Å². The van der Waals surface area contributed by atoms with E-state index in [-0.39, 0.29) is 11.7 Å². The van der Waals surface area contributed by atoms with Gasteiger partial charge in [-0.2, -0.15) is 0 Å². The van der Waals surface area contributed by atoms with Crippen LogP contribution in [0, 0.1) is 5.92 Å². The molecule has 0 radical (unpaired) electrons. The topological polar surface area (TPSA) is 67.2 Å². The highest BCUT2D eigenvalue weighted by molar-refractivity contribution is 5.30. The molecule has 1 heterocycles. The zero-order valence-corrected chi connectivity index (χ0v) is 11.4. The average molecular weight is 253 g/mol. The number of hydrogen-bond acceptors (Lipinski definition) is 4. The monoisotopic (exact) mass is 253 g/mol. The molecule has 0 saturated heterocycles. The molecule has 1 aromatic rings. The highest BCUT2D eigenvalue weighted by Gasteiger charge is 2.06. The highest BCUT2D eigenvalue weighted by atomic mass is 16.3. The van der Waals surface area contributed by atoms with Gasteiger partial charge in [-0.05, 0) is 18.8 Å². The van der Waals surface area contributed by atoms with Gasteiger partial charge in [0.15, 0.2) is 5.82 Å². The van der Waals surface area contributed by atoms with E-state index in [0.29, 0.717) is 31.2 Å². The van der Waals surface area contributed by atoms with Gasteiger partial charge in [0, 0.05) is 25.5 Å². The first-order chi connectivity index (χ1) is 8.54. The second-order valence-electron chi connectivity index (χ2n) is 4.90. The summed E-state index contributed by atoms with van der Waals surface area (Å²) in [7, 11) is 0. The number of aromatic nitrogens is 2. The lowest BCUT2D eigenvalue weighted by atomic mass is 10.2. The van der Waals surface area contributed by atoms with Crippen LogP contribution in [0.25, 0.3) is 0 Å². The Balaban J connectivity index is 2.63. The fraction of sp³-hybridized carbons (Fsp3) is 0.692. The maximum Gasteiger partial charge on any atom is 0.293 e. The summed E-state index contributed by atoms with van der Waals surface area (Å²) < 4.78 is 1.66. The lowest BCUT2D eigenvalue weighted by Gasteiger charge is -2.11. The fourth-order valence-corrected chi connectivity index (χ4v) is 1.67. The van der Waals surface area contributed by atoms with Crippen molar-refractivity contribution in [1.29, 1.82) is 0 Å². The van der Waals surface area contributed by atoms with E-state index in [1.165, 1.54) is 0 Å². The lowest BCUT2D eigenvalue weighted by molar-refractivity contribution is 0.164. The summed E-state index contributed by atoms with van der Waals surface area (Å²) in [5.74, 6) is 0.779. The van der Waals surface area contributed by atoms with Crippen LogP contribution in [0.1, 0.15) is 33.6 Å². The molecule has 0 fully saturated rings. The van der Waals surface area contributed by atoms with Gasteiger partial charge < -0.3 is 15.0 Å². The van der Waals surface area contributed by atoms with Gasteiger partial charge in [-0.3, -0.25) is 4.79 Å². The van der Waals surface area contributed by atoms with Crippen molar-refractivity contribution in [3.8, 4) is 0 Å². The summed E-state index contributed by atoms with van der Waals surface area (Å²) in [6.45, 7) is 7.31. The summed E-state index contributed by atoms with van der Waals surface area (Å²) >= 11 is 0. The summed E-state index contributed by atoms with van der Waals surface area (Å²) in [5.41, 5.74) is -0.0998. The van der Waals surface area contributed by atoms with E-state index in [1.807, 2.05) is 6.92 Å². The molecule has 1 atom stereocenters. The Morgan fingerprint density at radius 3 is 2.83 bits per heavy atom. The molecule has 0 aromatic carbocycles. The maximum atomic E-state index is 12.0. The molecule has 102 valence electrons. The van der Waals surface area contributed by atoms with Crippen molar-refractivity contribution in [2.75, 3.05) is 11.9 Å². The molecule has 5 nitrogen and oxygen atoms in total. The SMILES string of the molecule is CCC(O)CCNc1nccn(CC(C)C)c1=O. The Kier molecular flexibility index (Phi) is 5.85. The van der Waals surface area contributed by atoms with Crippen molar-refractivity contribution in [3.05, 3.63) is 22.7 Å². The summed E-state index contributed by atoms with van der Waals surface area (Å²) in [6.07, 6.45) is 4.36. The van der Waals surface area contributed by atoms with Crippen LogP contribution in [0.4, 0.5) is 5.82 Å². The fourth-order valence-electron chi connectivity index (χ4n) is 1.67. The van der Waals surface area contributed by atoms with Crippen molar-refractivity contribution in [2.24, 2.45) is 5.92 Å². The number of aliphatic hydroxyl groups excluding tert-OH is 1. The summed E-state index contributed by atoms with van der Waals surface area (Å²) in [6, 6.07) is 0. The van der Waals surface area contributed by atoms with Crippen LogP contribution in [-0.4, -0.2) is 27.3 Å². The first-order valence-electron chi connectivity index (χ1n) is 6.52. The largest absolute Gasteiger partial charge is 0.393 e. The van der Waals surface area contributed by atoms with E-state index >= 15 is 0 Å². The molecule has 0 saturated carbocycles. The van der Waals surface area contributed by atoms with Gasteiger partial charge in [0.2, 0.25) is 0 Å². The van der Waals surface area contributed by atoms with Crippen LogP contribution < -0.4 is 10.9 Å². The Morgan fingerprint density at radius 1 is 1.50 bits per heavy atom. The summed E-state index contributed by atoms with van der Waals surface area (Å²) in [4.78, 5) is 16.1. The second kappa shape index (κ2) is 7.16. The van der Waals surface area contributed by atoms with Gasteiger partial charge in [0.05, 0.1) is 6.10 Å². The Hall–Kier alpha value is -1.36. The van der Waals surface area contributed by atoms with Crippen molar-refractivity contribution in [2.45, 2.75) is 46.3 Å². The van der Waals surface area contributed by atoms with Crippen molar-refractivity contribution in [3.63, 3.8) is 0 Å². The second-order valence-corrected chi connectivity index (χ2v) is 4.90. The third-order valence-corrected chi connectivity index (χ3v) is 2.72. The molecular weight excluding hydrogens is 230 g/mol. The molecule has 18 heavy (non-hydrogen) atoms. The third-order valence-electron chi connectivity index (χ3n) is 2.72. The molecule has 0 bridgehead atoms. The molecule has 0 aliphatic carbocycles. The lowest BCUT2D eigenvalue weighted by Crippen LogP contribution is -2.26. The highest BCUT2D eigenvalue weighted by Crippen LogP contribution is 2.00. The molecule has 5 heteroatoms. The van der Waals surface area contributed by atoms with E-state index in [1.54, 1.807) is 17.0 Å². The zero-order chi connectivity index (χ0) is 13.5. The van der Waals surface area contributed by atoms with E-state index in [2.05, 4.69) is 24.1 Å². The van der Waals surface area contributed by atoms with Crippen LogP contribution in [0.2, 0.25) is 0 Å². The molecule has 0 amide bonds. The zero-order valence-electron chi connectivity index (χ0n) is 11.4. The minimum atomic E-state index is -0.320. The first kappa shape index (κ1) is 14.7. The quantitative estimate of drug-likeness (QED) is 0.772. The van der Waals surface area contributed by atoms with E-state index in [9.17, 15) is 9.90 Å². The van der Waals surface area contributed by atoms with Gasteiger partial charge in [-0.25, -0.2) is 4.98 Å². The number of rotatable bonds is 7. The molecule has 2 N–H and O–H groups in total. The molecule has 0 aliphatic heterocycles. The molecule has 1 rings (SSSR count). The Labute approximate surface area is 108 Å². The van der Waals surface area contributed by atoms with E-state index in [0.717, 1.165) is 6.42 Å². The number of aliphatic hydroxyl groups is 1. The van der Waals surface area contributed by atoms with E-state index < -0.39 is 0 Å². The number of nitrogens with one attached hydrogen (secondary N) is 1. The van der Waals surface area contributed by atoms with Gasteiger partial charge >= 0.3 is 0 Å². The number of anilines is 1. The predicted octanol–water partition coefficient (Wildman–Crippen LogP) is 1.47. The van der Waals surface area contributed by atoms with Crippen LogP contribution >= 0.6 is 0 Å². The number of nitrogens with zero attached hydrogens (tertiary/aromatic N) is 2.